The summed E-state index contributed by atoms with van der Waals surface area (Å²) in [7, 11) is 3.56. The second kappa shape index (κ2) is 3.57. The Labute approximate surface area is 80.1 Å². The predicted molar refractivity (Wildman–Crippen MR) is 50.2 cm³/mol. The Morgan fingerprint density at radius 2 is 2.15 bits per heavy atom. The van der Waals surface area contributed by atoms with Crippen LogP contribution in [0.1, 0.15) is 0 Å². The molecular formula is C7H8ClN3O2. The molecule has 0 bridgehead atoms. The Bertz CT molecular complexity index is 341. The van der Waals surface area contributed by atoms with E-state index in [2.05, 4.69) is 4.98 Å². The molecule has 0 unspecified atom stereocenters. The highest BCUT2D eigenvalue weighted by Crippen LogP contribution is 2.24. The van der Waals surface area contributed by atoms with E-state index in [1.807, 2.05) is 0 Å². The molecule has 0 spiro atoms. The molecule has 0 aliphatic carbocycles. The first-order valence-corrected chi connectivity index (χ1v) is 3.88. The number of rotatable bonds is 2. The van der Waals surface area contributed by atoms with Gasteiger partial charge in [0.2, 0.25) is 5.15 Å². The summed E-state index contributed by atoms with van der Waals surface area (Å²) in [6.07, 6.45) is 0. The fourth-order valence-electron chi connectivity index (χ4n) is 0.803. The van der Waals surface area contributed by atoms with Gasteiger partial charge < -0.3 is 4.90 Å². The molecule has 1 rings (SSSR count). The van der Waals surface area contributed by atoms with Gasteiger partial charge in [-0.05, 0) is 6.07 Å². The van der Waals surface area contributed by atoms with Crippen molar-refractivity contribution in [2.75, 3.05) is 19.0 Å². The molecular weight excluding hydrogens is 194 g/mol. The average Bonchev–Trinajstić information content (AvgIpc) is 2.03. The predicted octanol–water partition coefficient (Wildman–Crippen LogP) is 1.71. The lowest BCUT2D eigenvalue weighted by Crippen LogP contribution is -2.10. The minimum Gasteiger partial charge on any atom is -0.363 e. The van der Waals surface area contributed by atoms with Crippen LogP contribution in [0.5, 0.6) is 0 Å². The van der Waals surface area contributed by atoms with Gasteiger partial charge in [0.05, 0.1) is 4.92 Å². The maximum atomic E-state index is 10.4. The van der Waals surface area contributed by atoms with Gasteiger partial charge in [0.1, 0.15) is 5.82 Å². The number of anilines is 1. The fraction of sp³-hybridized carbons (Fsp3) is 0.286. The molecule has 0 amide bonds. The Morgan fingerprint density at radius 3 is 2.54 bits per heavy atom. The Balaban J connectivity index is 3.13. The molecule has 1 aromatic heterocycles. The van der Waals surface area contributed by atoms with Crippen molar-refractivity contribution in [1.82, 2.24) is 4.98 Å². The molecule has 0 fully saturated rings. The van der Waals surface area contributed by atoms with Crippen LogP contribution in [0.2, 0.25) is 5.15 Å². The number of nitrogens with zero attached hydrogens (tertiary/aromatic N) is 3. The van der Waals surface area contributed by atoms with Gasteiger partial charge in [-0.3, -0.25) is 10.1 Å². The monoisotopic (exact) mass is 201 g/mol. The molecule has 0 atom stereocenters. The largest absolute Gasteiger partial charge is 0.363 e. The van der Waals surface area contributed by atoms with E-state index < -0.39 is 4.92 Å². The lowest BCUT2D eigenvalue weighted by molar-refractivity contribution is -0.385. The summed E-state index contributed by atoms with van der Waals surface area (Å²) in [5.41, 5.74) is -0.174. The zero-order valence-corrected chi connectivity index (χ0v) is 7.95. The van der Waals surface area contributed by atoms with Crippen molar-refractivity contribution < 1.29 is 4.92 Å². The van der Waals surface area contributed by atoms with E-state index in [9.17, 15) is 10.1 Å². The molecule has 0 aliphatic rings. The molecule has 70 valence electrons. The SMILES string of the molecule is CN(C)c1ccc([N+](=O)[O-])c(Cl)n1. The standard InChI is InChI=1S/C7H8ClN3O2/c1-10(2)6-4-3-5(11(12)13)7(8)9-6/h3-4H,1-2H3. The van der Waals surface area contributed by atoms with Crippen molar-refractivity contribution in [1.29, 1.82) is 0 Å². The molecule has 5 nitrogen and oxygen atoms in total. The van der Waals surface area contributed by atoms with E-state index in [-0.39, 0.29) is 10.8 Å². The molecule has 0 radical (unpaired) electrons. The number of halogens is 1. The lowest BCUT2D eigenvalue weighted by atomic mass is 10.4. The first-order valence-electron chi connectivity index (χ1n) is 3.50. The maximum absolute atomic E-state index is 10.4. The third-order valence-corrected chi connectivity index (χ3v) is 1.75. The van der Waals surface area contributed by atoms with E-state index >= 15 is 0 Å². The quantitative estimate of drug-likeness (QED) is 0.415. The summed E-state index contributed by atoms with van der Waals surface area (Å²) >= 11 is 5.59. The van der Waals surface area contributed by atoms with Crippen LogP contribution in [0.25, 0.3) is 0 Å². The number of pyridine rings is 1. The smallest absolute Gasteiger partial charge is 0.306 e. The first kappa shape index (κ1) is 9.73. The van der Waals surface area contributed by atoms with Crippen molar-refractivity contribution in [2.45, 2.75) is 0 Å². The Kier molecular flexibility index (Phi) is 2.67. The lowest BCUT2D eigenvalue weighted by Gasteiger charge is -2.10. The van der Waals surface area contributed by atoms with E-state index in [1.165, 1.54) is 6.07 Å². The van der Waals surface area contributed by atoms with Crippen molar-refractivity contribution in [3.8, 4) is 0 Å². The Hall–Kier alpha value is -1.36. The summed E-state index contributed by atoms with van der Waals surface area (Å²) in [6, 6.07) is 2.88. The Morgan fingerprint density at radius 1 is 1.54 bits per heavy atom. The molecule has 0 aliphatic heterocycles. The number of nitro groups is 1. The molecule has 0 saturated heterocycles. The van der Waals surface area contributed by atoms with Crippen LogP contribution in [-0.2, 0) is 0 Å². The minimum absolute atomic E-state index is 0.0869. The minimum atomic E-state index is -0.561. The fourth-order valence-corrected chi connectivity index (χ4v) is 1.02. The first-order chi connectivity index (χ1) is 6.02. The van der Waals surface area contributed by atoms with E-state index in [0.29, 0.717) is 5.82 Å². The highest BCUT2D eigenvalue weighted by molar-refractivity contribution is 6.31. The summed E-state index contributed by atoms with van der Waals surface area (Å²) in [5.74, 6) is 0.593. The van der Waals surface area contributed by atoms with Crippen molar-refractivity contribution in [3.63, 3.8) is 0 Å². The molecule has 13 heavy (non-hydrogen) atoms. The van der Waals surface area contributed by atoms with Gasteiger partial charge in [-0.15, -0.1) is 0 Å². The van der Waals surface area contributed by atoms with Crippen LogP contribution < -0.4 is 4.90 Å². The molecule has 1 aromatic rings. The second-order valence-corrected chi connectivity index (χ2v) is 2.99. The third-order valence-electron chi connectivity index (χ3n) is 1.47. The number of hydrogen-bond acceptors (Lipinski definition) is 4. The van der Waals surface area contributed by atoms with E-state index in [4.69, 9.17) is 11.6 Å². The maximum Gasteiger partial charge on any atom is 0.306 e. The van der Waals surface area contributed by atoms with Crippen LogP contribution in [0, 0.1) is 10.1 Å². The highest BCUT2D eigenvalue weighted by Gasteiger charge is 2.13. The van der Waals surface area contributed by atoms with Gasteiger partial charge in [-0.2, -0.15) is 0 Å². The van der Waals surface area contributed by atoms with Crippen molar-refractivity contribution >= 4 is 23.1 Å². The van der Waals surface area contributed by atoms with E-state index in [1.54, 1.807) is 25.1 Å². The normalized spacial score (nSPS) is 9.77. The van der Waals surface area contributed by atoms with Gasteiger partial charge in [0, 0.05) is 20.2 Å². The summed E-state index contributed by atoms with van der Waals surface area (Å²) in [5, 5.41) is 10.3. The average molecular weight is 202 g/mol. The number of hydrogen-bond donors (Lipinski definition) is 0. The zero-order valence-electron chi connectivity index (χ0n) is 7.19. The van der Waals surface area contributed by atoms with Crippen LogP contribution in [0.15, 0.2) is 12.1 Å². The zero-order chi connectivity index (χ0) is 10.0. The molecule has 1 heterocycles. The van der Waals surface area contributed by atoms with Gasteiger partial charge in [-0.25, -0.2) is 4.98 Å². The van der Waals surface area contributed by atoms with Crippen LogP contribution in [0.4, 0.5) is 11.5 Å². The van der Waals surface area contributed by atoms with Crippen LogP contribution in [-0.4, -0.2) is 24.0 Å². The molecule has 0 saturated carbocycles. The topological polar surface area (TPSA) is 59.3 Å². The third kappa shape index (κ3) is 2.06. The number of aromatic nitrogens is 1. The second-order valence-electron chi connectivity index (χ2n) is 2.63. The molecule has 0 aromatic carbocycles. The molecule has 6 heteroatoms. The summed E-state index contributed by atoms with van der Waals surface area (Å²) in [6.45, 7) is 0. The highest BCUT2D eigenvalue weighted by atomic mass is 35.5. The van der Waals surface area contributed by atoms with Gasteiger partial charge in [0.25, 0.3) is 0 Å². The van der Waals surface area contributed by atoms with Gasteiger partial charge >= 0.3 is 5.69 Å². The van der Waals surface area contributed by atoms with Crippen molar-refractivity contribution in [3.05, 3.63) is 27.4 Å². The summed E-state index contributed by atoms with van der Waals surface area (Å²) in [4.78, 5) is 15.4. The van der Waals surface area contributed by atoms with Gasteiger partial charge in [-0.1, -0.05) is 11.6 Å². The summed E-state index contributed by atoms with van der Waals surface area (Å²) < 4.78 is 0. The van der Waals surface area contributed by atoms with E-state index in [0.717, 1.165) is 0 Å². The van der Waals surface area contributed by atoms with Crippen LogP contribution >= 0.6 is 11.6 Å². The van der Waals surface area contributed by atoms with Crippen LogP contribution in [0.3, 0.4) is 0 Å². The molecule has 0 N–H and O–H groups in total. The van der Waals surface area contributed by atoms with Crippen molar-refractivity contribution in [2.24, 2.45) is 0 Å². The van der Waals surface area contributed by atoms with Gasteiger partial charge in [0.15, 0.2) is 0 Å².